The number of amides is 1. The lowest BCUT2D eigenvalue weighted by Crippen LogP contribution is -2.30. The van der Waals surface area contributed by atoms with Crippen LogP contribution in [0.3, 0.4) is 0 Å². The molecular formula is C15H17N3O. The van der Waals surface area contributed by atoms with Crippen molar-refractivity contribution in [2.24, 2.45) is 0 Å². The van der Waals surface area contributed by atoms with Gasteiger partial charge in [0, 0.05) is 24.1 Å². The number of aromatic nitrogens is 1. The van der Waals surface area contributed by atoms with Crippen LogP contribution >= 0.6 is 0 Å². The minimum absolute atomic E-state index is 0.0490. The van der Waals surface area contributed by atoms with Crippen LogP contribution in [-0.2, 0) is 4.79 Å². The van der Waals surface area contributed by atoms with E-state index in [0.717, 1.165) is 11.3 Å². The number of hydrogen-bond donors (Lipinski definition) is 2. The smallest absolute Gasteiger partial charge is 0.238 e. The fraction of sp³-hybridized carbons (Fsp3) is 0.200. The van der Waals surface area contributed by atoms with Crippen LogP contribution in [0.15, 0.2) is 54.9 Å². The van der Waals surface area contributed by atoms with Crippen molar-refractivity contribution in [1.29, 1.82) is 0 Å². The summed E-state index contributed by atoms with van der Waals surface area (Å²) in [5.41, 5.74) is 1.92. The number of nitrogens with zero attached hydrogens (tertiary/aromatic N) is 1. The predicted molar refractivity (Wildman–Crippen MR) is 75.7 cm³/mol. The highest BCUT2D eigenvalue weighted by Gasteiger charge is 2.07. The molecule has 1 amide bonds. The lowest BCUT2D eigenvalue weighted by molar-refractivity contribution is -0.115. The van der Waals surface area contributed by atoms with Gasteiger partial charge in [0.2, 0.25) is 5.91 Å². The van der Waals surface area contributed by atoms with Crippen LogP contribution in [0.5, 0.6) is 0 Å². The zero-order valence-corrected chi connectivity index (χ0v) is 10.8. The van der Waals surface area contributed by atoms with Crippen LogP contribution in [0, 0.1) is 0 Å². The average molecular weight is 255 g/mol. The molecule has 1 aromatic heterocycles. The number of anilines is 1. The number of pyridine rings is 1. The first kappa shape index (κ1) is 13.2. The lowest BCUT2D eigenvalue weighted by atomic mass is 10.1. The molecule has 0 radical (unpaired) electrons. The van der Waals surface area contributed by atoms with Crippen molar-refractivity contribution in [2.75, 3.05) is 11.9 Å². The third kappa shape index (κ3) is 4.19. The molecule has 1 atom stereocenters. The fourth-order valence-electron chi connectivity index (χ4n) is 1.74. The van der Waals surface area contributed by atoms with Gasteiger partial charge in [0.05, 0.1) is 6.54 Å². The molecule has 4 nitrogen and oxygen atoms in total. The van der Waals surface area contributed by atoms with Gasteiger partial charge in [-0.15, -0.1) is 0 Å². The molecule has 2 N–H and O–H groups in total. The Bertz CT molecular complexity index is 513. The molecule has 0 aliphatic carbocycles. The van der Waals surface area contributed by atoms with E-state index in [1.54, 1.807) is 12.4 Å². The predicted octanol–water partition coefficient (Wildman–Crippen LogP) is 2.37. The van der Waals surface area contributed by atoms with E-state index in [1.165, 1.54) is 0 Å². The Kier molecular flexibility index (Phi) is 4.64. The second-order valence-corrected chi connectivity index (χ2v) is 4.30. The van der Waals surface area contributed by atoms with E-state index in [9.17, 15) is 4.79 Å². The minimum Gasteiger partial charge on any atom is -0.325 e. The summed E-state index contributed by atoms with van der Waals surface area (Å²) in [6.45, 7) is 2.30. The molecule has 98 valence electrons. The van der Waals surface area contributed by atoms with Gasteiger partial charge in [-0.1, -0.05) is 18.2 Å². The van der Waals surface area contributed by atoms with Gasteiger partial charge in [0.1, 0.15) is 0 Å². The van der Waals surface area contributed by atoms with Crippen LogP contribution in [0.1, 0.15) is 18.5 Å². The lowest BCUT2D eigenvalue weighted by Gasteiger charge is -2.13. The molecule has 0 aliphatic rings. The second-order valence-electron chi connectivity index (χ2n) is 4.30. The number of nitrogens with one attached hydrogen (secondary N) is 2. The van der Waals surface area contributed by atoms with Crippen molar-refractivity contribution in [1.82, 2.24) is 10.3 Å². The van der Waals surface area contributed by atoms with Crippen molar-refractivity contribution in [2.45, 2.75) is 13.0 Å². The van der Waals surface area contributed by atoms with E-state index in [0.29, 0.717) is 0 Å². The van der Waals surface area contributed by atoms with Gasteiger partial charge >= 0.3 is 0 Å². The van der Waals surface area contributed by atoms with Gasteiger partial charge in [-0.2, -0.15) is 0 Å². The van der Waals surface area contributed by atoms with E-state index in [2.05, 4.69) is 15.6 Å². The van der Waals surface area contributed by atoms with Gasteiger partial charge in [-0.3, -0.25) is 9.78 Å². The second kappa shape index (κ2) is 6.66. The maximum atomic E-state index is 11.8. The van der Waals surface area contributed by atoms with Crippen LogP contribution in [0.2, 0.25) is 0 Å². The number of para-hydroxylation sites is 1. The first-order valence-electron chi connectivity index (χ1n) is 6.24. The zero-order valence-electron chi connectivity index (χ0n) is 10.8. The SMILES string of the molecule is C[C@@H](NCC(=O)Nc1ccccc1)c1ccncc1. The van der Waals surface area contributed by atoms with Crippen molar-refractivity contribution >= 4 is 11.6 Å². The monoisotopic (exact) mass is 255 g/mol. The summed E-state index contributed by atoms with van der Waals surface area (Å²) < 4.78 is 0. The molecule has 0 bridgehead atoms. The van der Waals surface area contributed by atoms with Crippen LogP contribution in [-0.4, -0.2) is 17.4 Å². The van der Waals surface area contributed by atoms with Gasteiger partial charge in [0.15, 0.2) is 0 Å². The van der Waals surface area contributed by atoms with Crippen molar-refractivity contribution in [3.8, 4) is 0 Å². The Labute approximate surface area is 112 Å². The summed E-state index contributed by atoms with van der Waals surface area (Å²) >= 11 is 0. The normalized spacial score (nSPS) is 11.8. The quantitative estimate of drug-likeness (QED) is 0.862. The molecule has 0 unspecified atom stereocenters. The van der Waals surface area contributed by atoms with Crippen molar-refractivity contribution < 1.29 is 4.79 Å². The summed E-state index contributed by atoms with van der Waals surface area (Å²) in [6, 6.07) is 13.4. The van der Waals surface area contributed by atoms with E-state index in [4.69, 9.17) is 0 Å². The minimum atomic E-state index is -0.0490. The third-order valence-electron chi connectivity index (χ3n) is 2.83. The van der Waals surface area contributed by atoms with Crippen LogP contribution in [0.25, 0.3) is 0 Å². The molecule has 0 aliphatic heterocycles. The summed E-state index contributed by atoms with van der Waals surface area (Å²) in [5.74, 6) is -0.0490. The molecule has 0 fully saturated rings. The Morgan fingerprint density at radius 1 is 1.16 bits per heavy atom. The Hall–Kier alpha value is -2.20. The molecule has 2 aromatic rings. The summed E-state index contributed by atoms with van der Waals surface area (Å²) in [6.07, 6.45) is 3.50. The molecule has 0 saturated heterocycles. The molecule has 1 aromatic carbocycles. The molecule has 0 spiro atoms. The van der Waals surface area contributed by atoms with Crippen molar-refractivity contribution in [3.63, 3.8) is 0 Å². The fourth-order valence-corrected chi connectivity index (χ4v) is 1.74. The van der Waals surface area contributed by atoms with E-state index < -0.39 is 0 Å². The van der Waals surface area contributed by atoms with Gasteiger partial charge in [-0.25, -0.2) is 0 Å². The topological polar surface area (TPSA) is 54.0 Å². The highest BCUT2D eigenvalue weighted by Crippen LogP contribution is 2.09. The third-order valence-corrected chi connectivity index (χ3v) is 2.83. The maximum absolute atomic E-state index is 11.8. The molecule has 19 heavy (non-hydrogen) atoms. The molecule has 1 heterocycles. The highest BCUT2D eigenvalue weighted by atomic mass is 16.1. The standard InChI is InChI=1S/C15H17N3O/c1-12(13-7-9-16-10-8-13)17-11-15(19)18-14-5-3-2-4-6-14/h2-10,12,17H,11H2,1H3,(H,18,19)/t12-/m1/s1. The van der Waals surface area contributed by atoms with E-state index in [1.807, 2.05) is 49.4 Å². The van der Waals surface area contributed by atoms with Crippen LogP contribution in [0.4, 0.5) is 5.69 Å². The summed E-state index contributed by atoms with van der Waals surface area (Å²) in [5, 5.41) is 6.01. The highest BCUT2D eigenvalue weighted by molar-refractivity contribution is 5.92. The molecule has 4 heteroatoms. The largest absolute Gasteiger partial charge is 0.325 e. The average Bonchev–Trinajstić information content (AvgIpc) is 2.47. The summed E-state index contributed by atoms with van der Waals surface area (Å²) in [4.78, 5) is 15.7. The molecule has 2 rings (SSSR count). The van der Waals surface area contributed by atoms with Crippen molar-refractivity contribution in [3.05, 3.63) is 60.4 Å². The maximum Gasteiger partial charge on any atom is 0.238 e. The number of benzene rings is 1. The zero-order chi connectivity index (χ0) is 13.5. The Morgan fingerprint density at radius 3 is 2.53 bits per heavy atom. The first-order valence-corrected chi connectivity index (χ1v) is 6.24. The molecule has 0 saturated carbocycles. The number of carbonyl (C=O) groups is 1. The van der Waals surface area contributed by atoms with Gasteiger partial charge in [0.25, 0.3) is 0 Å². The Morgan fingerprint density at radius 2 is 1.84 bits per heavy atom. The van der Waals surface area contributed by atoms with E-state index >= 15 is 0 Å². The number of rotatable bonds is 5. The van der Waals surface area contributed by atoms with E-state index in [-0.39, 0.29) is 18.5 Å². The Balaban J connectivity index is 1.81. The van der Waals surface area contributed by atoms with Gasteiger partial charge in [-0.05, 0) is 36.8 Å². The molecular weight excluding hydrogens is 238 g/mol. The van der Waals surface area contributed by atoms with Crippen LogP contribution < -0.4 is 10.6 Å². The number of carbonyl (C=O) groups excluding carboxylic acids is 1. The van der Waals surface area contributed by atoms with Gasteiger partial charge < -0.3 is 10.6 Å². The summed E-state index contributed by atoms with van der Waals surface area (Å²) in [7, 11) is 0. The first-order chi connectivity index (χ1) is 9.25. The number of hydrogen-bond acceptors (Lipinski definition) is 3.